The normalized spacial score (nSPS) is 10.5. The van der Waals surface area contributed by atoms with E-state index in [1.54, 1.807) is 18.2 Å². The van der Waals surface area contributed by atoms with Crippen LogP contribution in [-0.2, 0) is 4.79 Å². The number of rotatable bonds is 5. The number of hydrogen-bond acceptors (Lipinski definition) is 4. The fourth-order valence-corrected chi connectivity index (χ4v) is 2.75. The summed E-state index contributed by atoms with van der Waals surface area (Å²) in [5.41, 5.74) is 4.50. The lowest BCUT2D eigenvalue weighted by Crippen LogP contribution is -2.21. The number of anilines is 1. The summed E-state index contributed by atoms with van der Waals surface area (Å²) in [6, 6.07) is 14.8. The van der Waals surface area contributed by atoms with Crippen molar-refractivity contribution >= 4 is 23.2 Å². The van der Waals surface area contributed by atoms with Crippen LogP contribution in [0.4, 0.5) is 5.69 Å². The van der Waals surface area contributed by atoms with Crippen molar-refractivity contribution in [3.63, 3.8) is 0 Å². The molecule has 1 amide bonds. The Bertz CT molecular complexity index is 972. The first-order valence-corrected chi connectivity index (χ1v) is 8.90. The number of halogens is 1. The number of ether oxygens (including phenoxy) is 1. The number of aromatic nitrogens is 2. The van der Waals surface area contributed by atoms with E-state index < -0.39 is 0 Å². The molecule has 3 aromatic rings. The van der Waals surface area contributed by atoms with Gasteiger partial charge in [0.1, 0.15) is 0 Å². The summed E-state index contributed by atoms with van der Waals surface area (Å²) in [5.74, 6) is 0.631. The molecule has 1 N–H and O–H groups in total. The maximum Gasteiger partial charge on any atom is 0.262 e. The zero-order valence-corrected chi connectivity index (χ0v) is 16.2. The van der Waals surface area contributed by atoms with Gasteiger partial charge in [-0.25, -0.2) is 4.98 Å². The summed E-state index contributed by atoms with van der Waals surface area (Å²) in [4.78, 5) is 21.0. The molecule has 2 aromatic carbocycles. The minimum Gasteiger partial charge on any atom is -0.467 e. The van der Waals surface area contributed by atoms with E-state index in [9.17, 15) is 4.79 Å². The molecule has 0 spiro atoms. The highest BCUT2D eigenvalue weighted by molar-refractivity contribution is 6.30. The van der Waals surface area contributed by atoms with Crippen LogP contribution < -0.4 is 10.1 Å². The molecule has 138 valence electrons. The van der Waals surface area contributed by atoms with Crippen LogP contribution in [0.25, 0.3) is 11.4 Å². The molecule has 1 aromatic heterocycles. The lowest BCUT2D eigenvalue weighted by Gasteiger charge is -2.11. The fraction of sp³-hybridized carbons (Fsp3) is 0.190. The SMILES string of the molecule is Cc1ccc(NC(=O)COc2cc(C)nc(-c3ccc(Cl)cc3)n2)c(C)c1. The molecule has 0 aliphatic carbocycles. The first-order valence-electron chi connectivity index (χ1n) is 8.52. The molecule has 6 heteroatoms. The van der Waals surface area contributed by atoms with Crippen LogP contribution in [0.1, 0.15) is 16.8 Å². The average Bonchev–Trinajstić information content (AvgIpc) is 2.62. The van der Waals surface area contributed by atoms with Crippen molar-refractivity contribution in [1.29, 1.82) is 0 Å². The third-order valence-corrected chi connectivity index (χ3v) is 4.19. The molecular formula is C21H20ClN3O2. The number of amides is 1. The van der Waals surface area contributed by atoms with E-state index >= 15 is 0 Å². The zero-order chi connectivity index (χ0) is 19.4. The second-order valence-corrected chi connectivity index (χ2v) is 6.77. The second kappa shape index (κ2) is 8.18. The average molecular weight is 382 g/mol. The van der Waals surface area contributed by atoms with Gasteiger partial charge in [0, 0.05) is 28.0 Å². The number of nitrogens with zero attached hydrogens (tertiary/aromatic N) is 2. The quantitative estimate of drug-likeness (QED) is 0.693. The maximum atomic E-state index is 12.2. The number of nitrogens with one attached hydrogen (secondary N) is 1. The van der Waals surface area contributed by atoms with Gasteiger partial charge in [-0.05, 0) is 56.7 Å². The van der Waals surface area contributed by atoms with Gasteiger partial charge >= 0.3 is 0 Å². The van der Waals surface area contributed by atoms with Gasteiger partial charge in [0.2, 0.25) is 5.88 Å². The summed E-state index contributed by atoms with van der Waals surface area (Å²) >= 11 is 5.92. The standard InChI is InChI=1S/C21H20ClN3O2/c1-13-4-9-18(14(2)10-13)24-19(26)12-27-20-11-15(3)23-21(25-20)16-5-7-17(22)8-6-16/h4-11H,12H2,1-3H3,(H,24,26). The molecular weight excluding hydrogens is 362 g/mol. The van der Waals surface area contributed by atoms with Gasteiger partial charge in [0.15, 0.2) is 12.4 Å². The van der Waals surface area contributed by atoms with Gasteiger partial charge in [-0.1, -0.05) is 29.3 Å². The Kier molecular flexibility index (Phi) is 5.72. The first kappa shape index (κ1) is 18.9. The van der Waals surface area contributed by atoms with Crippen LogP contribution in [0.5, 0.6) is 5.88 Å². The highest BCUT2D eigenvalue weighted by Crippen LogP contribution is 2.21. The van der Waals surface area contributed by atoms with Crippen molar-refractivity contribution in [2.75, 3.05) is 11.9 Å². The summed E-state index contributed by atoms with van der Waals surface area (Å²) < 4.78 is 5.58. The Balaban J connectivity index is 1.68. The Morgan fingerprint density at radius 2 is 1.78 bits per heavy atom. The molecule has 1 heterocycles. The van der Waals surface area contributed by atoms with E-state index in [-0.39, 0.29) is 12.5 Å². The summed E-state index contributed by atoms with van der Waals surface area (Å²) in [7, 11) is 0. The molecule has 0 atom stereocenters. The molecule has 0 unspecified atom stereocenters. The largest absolute Gasteiger partial charge is 0.467 e. The minimum absolute atomic E-state index is 0.135. The Hall–Kier alpha value is -2.92. The van der Waals surface area contributed by atoms with Gasteiger partial charge in [0.25, 0.3) is 5.91 Å². The number of carbonyl (C=O) groups excluding carboxylic acids is 1. The Morgan fingerprint density at radius 3 is 2.48 bits per heavy atom. The first-order chi connectivity index (χ1) is 12.9. The molecule has 3 rings (SSSR count). The molecule has 0 fully saturated rings. The third-order valence-electron chi connectivity index (χ3n) is 3.94. The fourth-order valence-electron chi connectivity index (χ4n) is 2.62. The van der Waals surface area contributed by atoms with Gasteiger partial charge in [-0.15, -0.1) is 0 Å². The highest BCUT2D eigenvalue weighted by atomic mass is 35.5. The number of hydrogen-bond donors (Lipinski definition) is 1. The van der Waals surface area contributed by atoms with Gasteiger partial charge < -0.3 is 10.1 Å². The molecule has 27 heavy (non-hydrogen) atoms. The number of carbonyl (C=O) groups is 1. The predicted octanol–water partition coefficient (Wildman–Crippen LogP) is 4.74. The van der Waals surface area contributed by atoms with E-state index in [2.05, 4.69) is 15.3 Å². The van der Waals surface area contributed by atoms with Crippen molar-refractivity contribution in [3.05, 3.63) is 70.4 Å². The van der Waals surface area contributed by atoms with E-state index in [1.165, 1.54) is 0 Å². The molecule has 0 aliphatic heterocycles. The van der Waals surface area contributed by atoms with Crippen LogP contribution >= 0.6 is 11.6 Å². The van der Waals surface area contributed by atoms with Crippen molar-refractivity contribution in [2.24, 2.45) is 0 Å². The highest BCUT2D eigenvalue weighted by Gasteiger charge is 2.09. The minimum atomic E-state index is -0.244. The predicted molar refractivity (Wildman–Crippen MR) is 107 cm³/mol. The van der Waals surface area contributed by atoms with E-state index in [4.69, 9.17) is 16.3 Å². The van der Waals surface area contributed by atoms with Crippen molar-refractivity contribution in [2.45, 2.75) is 20.8 Å². The van der Waals surface area contributed by atoms with E-state index in [1.807, 2.05) is 51.1 Å². The van der Waals surface area contributed by atoms with Crippen LogP contribution in [-0.4, -0.2) is 22.5 Å². The second-order valence-electron chi connectivity index (χ2n) is 6.33. The molecule has 5 nitrogen and oxygen atoms in total. The zero-order valence-electron chi connectivity index (χ0n) is 15.4. The van der Waals surface area contributed by atoms with E-state index in [0.717, 1.165) is 28.1 Å². The number of aryl methyl sites for hydroxylation is 3. The van der Waals surface area contributed by atoms with Crippen LogP contribution in [0.3, 0.4) is 0 Å². The van der Waals surface area contributed by atoms with Gasteiger partial charge in [-0.2, -0.15) is 4.98 Å². The third kappa shape index (κ3) is 5.05. The summed E-state index contributed by atoms with van der Waals surface area (Å²) in [6.45, 7) is 5.68. The number of benzene rings is 2. The molecule has 0 bridgehead atoms. The lowest BCUT2D eigenvalue weighted by molar-refractivity contribution is -0.118. The molecule has 0 saturated heterocycles. The van der Waals surface area contributed by atoms with Gasteiger partial charge in [-0.3, -0.25) is 4.79 Å². The van der Waals surface area contributed by atoms with Crippen molar-refractivity contribution in [3.8, 4) is 17.3 Å². The lowest BCUT2D eigenvalue weighted by atomic mass is 10.1. The topological polar surface area (TPSA) is 64.1 Å². The van der Waals surface area contributed by atoms with Crippen LogP contribution in [0, 0.1) is 20.8 Å². The summed E-state index contributed by atoms with van der Waals surface area (Å²) in [6.07, 6.45) is 0. The molecule has 0 saturated carbocycles. The Labute approximate surface area is 163 Å². The van der Waals surface area contributed by atoms with E-state index in [0.29, 0.717) is 16.7 Å². The monoisotopic (exact) mass is 381 g/mol. The van der Waals surface area contributed by atoms with Crippen LogP contribution in [0.2, 0.25) is 5.02 Å². The molecule has 0 aliphatic rings. The molecule has 0 radical (unpaired) electrons. The smallest absolute Gasteiger partial charge is 0.262 e. The maximum absolute atomic E-state index is 12.2. The van der Waals surface area contributed by atoms with Crippen molar-refractivity contribution in [1.82, 2.24) is 9.97 Å². The van der Waals surface area contributed by atoms with Crippen molar-refractivity contribution < 1.29 is 9.53 Å². The summed E-state index contributed by atoms with van der Waals surface area (Å²) in [5, 5.41) is 3.50. The Morgan fingerprint density at radius 1 is 1.04 bits per heavy atom. The van der Waals surface area contributed by atoms with Crippen LogP contribution in [0.15, 0.2) is 48.5 Å². The van der Waals surface area contributed by atoms with Gasteiger partial charge in [0.05, 0.1) is 0 Å².